The molecule has 0 aromatic carbocycles. The first-order chi connectivity index (χ1) is 8.52. The topological polar surface area (TPSA) is 21.1 Å². The summed E-state index contributed by atoms with van der Waals surface area (Å²) in [5, 5.41) is 4.56. The molecule has 2 atom stereocenters. The summed E-state index contributed by atoms with van der Waals surface area (Å²) < 4.78 is 3.21. The van der Waals surface area contributed by atoms with E-state index in [1.807, 2.05) is 11.7 Å². The number of halogens is 2. The van der Waals surface area contributed by atoms with Crippen LogP contribution in [0, 0.1) is 5.92 Å². The number of piperidine rings is 1. The lowest BCUT2D eigenvalue weighted by molar-refractivity contribution is 0.189. The lowest BCUT2D eigenvalue weighted by atomic mass is 9.99. The molecule has 0 radical (unpaired) electrons. The van der Waals surface area contributed by atoms with Crippen molar-refractivity contribution in [1.29, 1.82) is 0 Å². The van der Waals surface area contributed by atoms with E-state index in [0.717, 1.165) is 31.1 Å². The second kappa shape index (κ2) is 6.06. The van der Waals surface area contributed by atoms with Gasteiger partial charge in [-0.15, -0.1) is 0 Å². The summed E-state index contributed by atoms with van der Waals surface area (Å²) in [5.41, 5.74) is 2.45. The van der Waals surface area contributed by atoms with Gasteiger partial charge in [0, 0.05) is 25.0 Å². The molecule has 0 spiro atoms. The number of rotatable bonds is 3. The Morgan fingerprint density at radius 3 is 2.72 bits per heavy atom. The Balaban J connectivity index is 2.08. The molecule has 5 heteroatoms. The number of nitrogens with zero attached hydrogens (tertiary/aromatic N) is 3. The summed E-state index contributed by atoms with van der Waals surface area (Å²) >= 11 is 7.48. The van der Waals surface area contributed by atoms with E-state index in [4.69, 9.17) is 0 Å². The molecule has 18 heavy (non-hydrogen) atoms. The molecular weight excluding hydrogens is 358 g/mol. The van der Waals surface area contributed by atoms with Crippen LogP contribution in [0.2, 0.25) is 0 Å². The number of hydrogen-bond donors (Lipinski definition) is 0. The van der Waals surface area contributed by atoms with Crippen LogP contribution in [0.4, 0.5) is 0 Å². The van der Waals surface area contributed by atoms with Gasteiger partial charge in [0.15, 0.2) is 0 Å². The van der Waals surface area contributed by atoms with E-state index in [1.54, 1.807) is 0 Å². The van der Waals surface area contributed by atoms with Crippen LogP contribution in [-0.2, 0) is 20.0 Å². The smallest absolute Gasteiger partial charge is 0.0767 e. The predicted octanol–water partition coefficient (Wildman–Crippen LogP) is 3.35. The minimum atomic E-state index is 0.615. The third-order valence-corrected chi connectivity index (χ3v) is 5.93. The maximum atomic E-state index is 4.56. The zero-order chi connectivity index (χ0) is 13.3. The highest BCUT2D eigenvalue weighted by Gasteiger charge is 2.25. The van der Waals surface area contributed by atoms with E-state index in [0.29, 0.717) is 4.83 Å². The molecule has 1 aromatic rings. The van der Waals surface area contributed by atoms with E-state index in [2.05, 4.69) is 55.7 Å². The number of aryl methyl sites for hydroxylation is 2. The summed E-state index contributed by atoms with van der Waals surface area (Å²) in [5.74, 6) is 0.780. The zero-order valence-corrected chi connectivity index (χ0v) is 14.5. The Labute approximate surface area is 126 Å². The van der Waals surface area contributed by atoms with Crippen molar-refractivity contribution in [3.63, 3.8) is 0 Å². The van der Waals surface area contributed by atoms with Gasteiger partial charge >= 0.3 is 0 Å². The first-order valence-electron chi connectivity index (χ1n) is 6.59. The van der Waals surface area contributed by atoms with Crippen LogP contribution in [0.5, 0.6) is 0 Å². The van der Waals surface area contributed by atoms with Crippen molar-refractivity contribution in [1.82, 2.24) is 14.7 Å². The lowest BCUT2D eigenvalue weighted by Crippen LogP contribution is -2.39. The number of alkyl halides is 1. The first-order valence-corrected chi connectivity index (χ1v) is 8.30. The Morgan fingerprint density at radius 2 is 2.17 bits per heavy atom. The van der Waals surface area contributed by atoms with Crippen LogP contribution in [0.3, 0.4) is 0 Å². The minimum Gasteiger partial charge on any atom is -0.296 e. The lowest BCUT2D eigenvalue weighted by Gasteiger charge is -2.34. The third kappa shape index (κ3) is 2.99. The Kier molecular flexibility index (Phi) is 4.89. The fraction of sp³-hybridized carbons (Fsp3) is 0.769. The highest BCUT2D eigenvalue weighted by molar-refractivity contribution is 9.10. The van der Waals surface area contributed by atoms with Crippen molar-refractivity contribution in [3.05, 3.63) is 15.9 Å². The Hall–Kier alpha value is 0.130. The molecule has 0 amide bonds. The number of hydrogen-bond acceptors (Lipinski definition) is 2. The third-order valence-electron chi connectivity index (χ3n) is 3.83. The highest BCUT2D eigenvalue weighted by Crippen LogP contribution is 2.27. The largest absolute Gasteiger partial charge is 0.296 e. The standard InChI is InChI=1S/C13H21Br2N3/c1-4-11-13(15)12(17(3)16-11)8-18-6-5-9(2)10(14)7-18/h9-10H,4-8H2,1-3H3. The summed E-state index contributed by atoms with van der Waals surface area (Å²) in [7, 11) is 2.04. The van der Waals surface area contributed by atoms with Gasteiger partial charge in [0.1, 0.15) is 0 Å². The van der Waals surface area contributed by atoms with Gasteiger partial charge in [-0.3, -0.25) is 9.58 Å². The van der Waals surface area contributed by atoms with Crippen LogP contribution >= 0.6 is 31.9 Å². The van der Waals surface area contributed by atoms with Gasteiger partial charge in [-0.1, -0.05) is 29.8 Å². The summed E-state index contributed by atoms with van der Waals surface area (Å²) in [6.45, 7) is 7.77. The van der Waals surface area contributed by atoms with Crippen LogP contribution in [0.15, 0.2) is 4.47 Å². The average molecular weight is 379 g/mol. The Bertz CT molecular complexity index is 417. The van der Waals surface area contributed by atoms with E-state index < -0.39 is 0 Å². The molecule has 1 aliphatic heterocycles. The zero-order valence-electron chi connectivity index (χ0n) is 11.3. The van der Waals surface area contributed by atoms with Gasteiger partial charge in [-0.25, -0.2) is 0 Å². The molecule has 0 bridgehead atoms. The van der Waals surface area contributed by atoms with Crippen molar-refractivity contribution < 1.29 is 0 Å². The monoisotopic (exact) mass is 377 g/mol. The average Bonchev–Trinajstić information content (AvgIpc) is 2.61. The van der Waals surface area contributed by atoms with Gasteiger partial charge in [0.05, 0.1) is 15.9 Å². The van der Waals surface area contributed by atoms with Crippen LogP contribution in [0.1, 0.15) is 31.7 Å². The van der Waals surface area contributed by atoms with Gasteiger partial charge in [0.25, 0.3) is 0 Å². The predicted molar refractivity (Wildman–Crippen MR) is 82.1 cm³/mol. The normalized spacial score (nSPS) is 25.6. The second-order valence-electron chi connectivity index (χ2n) is 5.20. The molecule has 0 N–H and O–H groups in total. The summed E-state index contributed by atoms with van der Waals surface area (Å²) in [6, 6.07) is 0. The fourth-order valence-corrected chi connectivity index (χ4v) is 3.85. The number of aromatic nitrogens is 2. The fourth-order valence-electron chi connectivity index (χ4n) is 2.43. The van der Waals surface area contributed by atoms with E-state index in [-0.39, 0.29) is 0 Å². The van der Waals surface area contributed by atoms with Gasteiger partial charge in [0.2, 0.25) is 0 Å². The second-order valence-corrected chi connectivity index (χ2v) is 7.17. The maximum Gasteiger partial charge on any atom is 0.0767 e. The van der Waals surface area contributed by atoms with Crippen molar-refractivity contribution in [3.8, 4) is 0 Å². The van der Waals surface area contributed by atoms with Gasteiger partial charge in [-0.05, 0) is 41.2 Å². The first kappa shape index (κ1) is 14.5. The van der Waals surface area contributed by atoms with E-state index in [9.17, 15) is 0 Å². The van der Waals surface area contributed by atoms with E-state index in [1.165, 1.54) is 23.1 Å². The highest BCUT2D eigenvalue weighted by atomic mass is 79.9. The Morgan fingerprint density at radius 1 is 1.44 bits per heavy atom. The minimum absolute atomic E-state index is 0.615. The molecule has 1 fully saturated rings. The summed E-state index contributed by atoms with van der Waals surface area (Å²) in [4.78, 5) is 3.13. The van der Waals surface area contributed by atoms with Gasteiger partial charge < -0.3 is 0 Å². The molecule has 1 aliphatic rings. The molecule has 0 saturated carbocycles. The molecule has 3 nitrogen and oxygen atoms in total. The summed E-state index contributed by atoms with van der Waals surface area (Å²) in [6.07, 6.45) is 2.25. The molecule has 2 heterocycles. The van der Waals surface area contributed by atoms with Crippen molar-refractivity contribution in [2.45, 2.75) is 38.1 Å². The molecule has 0 aliphatic carbocycles. The van der Waals surface area contributed by atoms with Crippen molar-refractivity contribution in [2.24, 2.45) is 13.0 Å². The van der Waals surface area contributed by atoms with Crippen LogP contribution in [0.25, 0.3) is 0 Å². The van der Waals surface area contributed by atoms with Crippen molar-refractivity contribution in [2.75, 3.05) is 13.1 Å². The SMILES string of the molecule is CCc1nn(C)c(CN2CCC(C)C(Br)C2)c1Br. The van der Waals surface area contributed by atoms with Crippen molar-refractivity contribution >= 4 is 31.9 Å². The van der Waals surface area contributed by atoms with Crippen LogP contribution in [-0.4, -0.2) is 32.6 Å². The molecule has 1 saturated heterocycles. The molecule has 102 valence electrons. The molecular formula is C13H21Br2N3. The molecule has 1 aromatic heterocycles. The van der Waals surface area contributed by atoms with Gasteiger partial charge in [-0.2, -0.15) is 5.10 Å². The number of likely N-dealkylation sites (tertiary alicyclic amines) is 1. The maximum absolute atomic E-state index is 4.56. The molecule has 2 unspecified atom stereocenters. The molecule has 2 rings (SSSR count). The van der Waals surface area contributed by atoms with Crippen LogP contribution < -0.4 is 0 Å². The van der Waals surface area contributed by atoms with E-state index >= 15 is 0 Å². The quantitative estimate of drug-likeness (QED) is 0.752.